The van der Waals surface area contributed by atoms with E-state index < -0.39 is 0 Å². The summed E-state index contributed by atoms with van der Waals surface area (Å²) >= 11 is 0. The molecule has 21 heavy (non-hydrogen) atoms. The molecule has 1 aliphatic heterocycles. The molecule has 0 fully saturated rings. The van der Waals surface area contributed by atoms with Crippen LogP contribution in [0.15, 0.2) is 18.2 Å². The number of hydrogen-bond donors (Lipinski definition) is 2. The molecule has 1 aliphatic rings. The number of anilines is 1. The van der Waals surface area contributed by atoms with E-state index in [0.29, 0.717) is 12.3 Å². The molecule has 2 rings (SSSR count). The summed E-state index contributed by atoms with van der Waals surface area (Å²) in [7, 11) is 0. The topological polar surface area (TPSA) is 41.1 Å². The van der Waals surface area contributed by atoms with Gasteiger partial charge in [0, 0.05) is 18.7 Å². The maximum atomic E-state index is 12.2. The van der Waals surface area contributed by atoms with Crippen molar-refractivity contribution in [2.75, 3.05) is 11.9 Å². The molecule has 1 unspecified atom stereocenters. The van der Waals surface area contributed by atoms with E-state index in [1.54, 1.807) is 0 Å². The van der Waals surface area contributed by atoms with Gasteiger partial charge in [0.15, 0.2) is 0 Å². The van der Waals surface area contributed by atoms with Gasteiger partial charge in [-0.2, -0.15) is 0 Å². The summed E-state index contributed by atoms with van der Waals surface area (Å²) in [4.78, 5) is 12.2. The van der Waals surface area contributed by atoms with Crippen LogP contribution in [0.4, 0.5) is 5.69 Å². The van der Waals surface area contributed by atoms with Crippen molar-refractivity contribution in [1.29, 1.82) is 0 Å². The number of amides is 1. The van der Waals surface area contributed by atoms with E-state index in [9.17, 15) is 4.79 Å². The zero-order valence-electron chi connectivity index (χ0n) is 13.8. The Hall–Kier alpha value is -1.35. The second-order valence-corrected chi connectivity index (χ2v) is 7.53. The summed E-state index contributed by atoms with van der Waals surface area (Å²) in [5.74, 6) is 0.528. The van der Waals surface area contributed by atoms with Crippen molar-refractivity contribution < 1.29 is 4.79 Å². The molecular weight excluding hydrogens is 260 g/mol. The van der Waals surface area contributed by atoms with Gasteiger partial charge in [-0.3, -0.25) is 4.79 Å². The van der Waals surface area contributed by atoms with Crippen LogP contribution >= 0.6 is 0 Å². The third kappa shape index (κ3) is 5.16. The second-order valence-electron chi connectivity index (χ2n) is 7.53. The molecule has 2 N–H and O–H groups in total. The van der Waals surface area contributed by atoms with Gasteiger partial charge in [0.1, 0.15) is 0 Å². The lowest BCUT2D eigenvalue weighted by Gasteiger charge is -2.23. The third-order valence-electron chi connectivity index (χ3n) is 3.87. The predicted octanol–water partition coefficient (Wildman–Crippen LogP) is 3.73. The number of hydrogen-bond acceptors (Lipinski definition) is 2. The van der Waals surface area contributed by atoms with Crippen LogP contribution in [0.2, 0.25) is 0 Å². The number of rotatable bonds is 4. The van der Waals surface area contributed by atoms with Crippen LogP contribution < -0.4 is 10.6 Å². The first-order valence-electron chi connectivity index (χ1n) is 7.96. The number of carbonyl (C=O) groups excluding carboxylic acids is 1. The molecule has 0 saturated heterocycles. The maximum Gasteiger partial charge on any atom is 0.224 e. The minimum absolute atomic E-state index is 0.121. The first-order valence-corrected chi connectivity index (χ1v) is 7.96. The summed E-state index contributed by atoms with van der Waals surface area (Å²) in [5.41, 5.74) is 3.90. The molecule has 3 heteroatoms. The quantitative estimate of drug-likeness (QED) is 0.886. The maximum absolute atomic E-state index is 12.2. The van der Waals surface area contributed by atoms with Gasteiger partial charge >= 0.3 is 0 Å². The molecular formula is C18H28N2O. The van der Waals surface area contributed by atoms with Gasteiger partial charge in [-0.1, -0.05) is 33.8 Å². The Labute approximate surface area is 128 Å². The average molecular weight is 288 g/mol. The van der Waals surface area contributed by atoms with Gasteiger partial charge in [-0.05, 0) is 54.0 Å². The van der Waals surface area contributed by atoms with Crippen LogP contribution in [0.3, 0.4) is 0 Å². The first kappa shape index (κ1) is 16.0. The van der Waals surface area contributed by atoms with Crippen LogP contribution in [-0.2, 0) is 17.8 Å². The Balaban J connectivity index is 1.91. The van der Waals surface area contributed by atoms with E-state index in [0.717, 1.165) is 31.6 Å². The van der Waals surface area contributed by atoms with E-state index in [-0.39, 0.29) is 11.3 Å². The van der Waals surface area contributed by atoms with Gasteiger partial charge in [-0.15, -0.1) is 0 Å². The lowest BCUT2D eigenvalue weighted by atomic mass is 9.84. The van der Waals surface area contributed by atoms with Crippen molar-refractivity contribution >= 4 is 11.6 Å². The largest absolute Gasteiger partial charge is 0.326 e. The normalized spacial score (nSPS) is 16.2. The monoisotopic (exact) mass is 288 g/mol. The van der Waals surface area contributed by atoms with Crippen LogP contribution in [0.1, 0.15) is 51.7 Å². The summed E-state index contributed by atoms with van der Waals surface area (Å²) < 4.78 is 0. The summed E-state index contributed by atoms with van der Waals surface area (Å²) in [6.07, 6.45) is 2.73. The number of carbonyl (C=O) groups is 1. The molecule has 116 valence electrons. The van der Waals surface area contributed by atoms with Gasteiger partial charge in [0.25, 0.3) is 0 Å². The summed E-state index contributed by atoms with van der Waals surface area (Å²) in [6.45, 7) is 10.8. The molecule has 1 aromatic carbocycles. The Morgan fingerprint density at radius 2 is 2.10 bits per heavy atom. The number of nitrogens with one attached hydrogen (secondary N) is 2. The van der Waals surface area contributed by atoms with Crippen molar-refractivity contribution in [3.8, 4) is 0 Å². The molecule has 0 radical (unpaired) electrons. The zero-order chi connectivity index (χ0) is 15.5. The van der Waals surface area contributed by atoms with Crippen LogP contribution in [0, 0.1) is 11.3 Å². The fourth-order valence-corrected chi connectivity index (χ4v) is 3.20. The Morgan fingerprint density at radius 3 is 2.81 bits per heavy atom. The van der Waals surface area contributed by atoms with Crippen molar-refractivity contribution in [2.45, 2.75) is 53.5 Å². The van der Waals surface area contributed by atoms with E-state index in [1.165, 1.54) is 11.1 Å². The number of fused-ring (bicyclic) bond motifs is 1. The highest BCUT2D eigenvalue weighted by Gasteiger charge is 2.18. The van der Waals surface area contributed by atoms with Crippen molar-refractivity contribution in [3.63, 3.8) is 0 Å². The van der Waals surface area contributed by atoms with Crippen LogP contribution in [0.25, 0.3) is 0 Å². The lowest BCUT2D eigenvalue weighted by Crippen LogP contribution is -2.24. The van der Waals surface area contributed by atoms with E-state index in [2.05, 4.69) is 50.5 Å². The minimum Gasteiger partial charge on any atom is -0.326 e. The van der Waals surface area contributed by atoms with E-state index >= 15 is 0 Å². The molecule has 0 aromatic heterocycles. The SMILES string of the molecule is CC(CC(=O)Nc1ccc2c(c1)CNCC2)CC(C)(C)C. The standard InChI is InChI=1S/C18H28N2O/c1-13(11-18(2,3)4)9-17(21)20-16-6-5-14-7-8-19-12-15(14)10-16/h5-6,10,13,19H,7-9,11-12H2,1-4H3,(H,20,21). The average Bonchev–Trinajstić information content (AvgIpc) is 2.35. The minimum atomic E-state index is 0.121. The lowest BCUT2D eigenvalue weighted by molar-refractivity contribution is -0.117. The van der Waals surface area contributed by atoms with Crippen molar-refractivity contribution in [1.82, 2.24) is 5.32 Å². The molecule has 0 saturated carbocycles. The zero-order valence-corrected chi connectivity index (χ0v) is 13.8. The molecule has 1 heterocycles. The van der Waals surface area contributed by atoms with Gasteiger partial charge in [0.2, 0.25) is 5.91 Å². The molecule has 0 spiro atoms. The molecule has 3 nitrogen and oxygen atoms in total. The highest BCUT2D eigenvalue weighted by atomic mass is 16.1. The Kier molecular flexibility index (Phi) is 5.04. The molecule has 1 atom stereocenters. The van der Waals surface area contributed by atoms with Gasteiger partial charge in [-0.25, -0.2) is 0 Å². The first-order chi connectivity index (χ1) is 9.83. The van der Waals surface area contributed by atoms with Crippen LogP contribution in [0.5, 0.6) is 0 Å². The van der Waals surface area contributed by atoms with Crippen molar-refractivity contribution in [3.05, 3.63) is 29.3 Å². The predicted molar refractivity (Wildman–Crippen MR) is 88.3 cm³/mol. The number of benzene rings is 1. The Bertz CT molecular complexity index is 502. The molecule has 0 bridgehead atoms. The van der Waals surface area contributed by atoms with Gasteiger partial charge < -0.3 is 10.6 Å². The summed E-state index contributed by atoms with van der Waals surface area (Å²) in [5, 5.41) is 6.41. The fourth-order valence-electron chi connectivity index (χ4n) is 3.20. The molecule has 1 aromatic rings. The molecule has 1 amide bonds. The highest BCUT2D eigenvalue weighted by molar-refractivity contribution is 5.91. The second kappa shape index (κ2) is 6.61. The van der Waals surface area contributed by atoms with E-state index in [4.69, 9.17) is 0 Å². The van der Waals surface area contributed by atoms with Crippen LogP contribution in [-0.4, -0.2) is 12.5 Å². The highest BCUT2D eigenvalue weighted by Crippen LogP contribution is 2.26. The Morgan fingerprint density at radius 1 is 1.33 bits per heavy atom. The van der Waals surface area contributed by atoms with Crippen molar-refractivity contribution in [2.24, 2.45) is 11.3 Å². The smallest absolute Gasteiger partial charge is 0.224 e. The van der Waals surface area contributed by atoms with Gasteiger partial charge in [0.05, 0.1) is 0 Å². The third-order valence-corrected chi connectivity index (χ3v) is 3.87. The van der Waals surface area contributed by atoms with E-state index in [1.807, 2.05) is 6.07 Å². The summed E-state index contributed by atoms with van der Waals surface area (Å²) in [6, 6.07) is 6.27. The fraction of sp³-hybridized carbons (Fsp3) is 0.611. The molecule has 0 aliphatic carbocycles.